The highest BCUT2D eigenvalue weighted by atomic mass is 16.6. The molecule has 1 unspecified atom stereocenters. The van der Waals surface area contributed by atoms with Gasteiger partial charge in [0.05, 0.1) is 6.61 Å². The average molecular weight is 338 g/mol. The molecule has 0 amide bonds. The molecule has 0 radical (unpaired) electrons. The molecule has 0 aromatic heterocycles. The van der Waals surface area contributed by atoms with E-state index in [0.717, 1.165) is 25.7 Å². The van der Waals surface area contributed by atoms with Crippen LogP contribution in [-0.4, -0.2) is 48.1 Å². The second kappa shape index (κ2) is 10.8. The summed E-state index contributed by atoms with van der Waals surface area (Å²) in [5.74, 6) is -2.42. The van der Waals surface area contributed by atoms with Crippen LogP contribution in [0.4, 0.5) is 0 Å². The summed E-state index contributed by atoms with van der Waals surface area (Å²) in [7, 11) is 0. The van der Waals surface area contributed by atoms with Crippen molar-refractivity contribution in [3.63, 3.8) is 0 Å². The standard InChI is InChI=1S/C18H26O6/c1-13-7-8-15(10-14(13)2)6-4-3-5-9-23-11-16(18(21)22)24-12-17(19)20/h7-8,10,16H,3-6,9,11-12H2,1-2H3,(H,19,20)(H,21,22). The minimum absolute atomic E-state index is 0.139. The van der Waals surface area contributed by atoms with Crippen LogP contribution in [0.5, 0.6) is 0 Å². The smallest absolute Gasteiger partial charge is 0.335 e. The highest BCUT2D eigenvalue weighted by molar-refractivity contribution is 5.73. The molecule has 0 fully saturated rings. The minimum Gasteiger partial charge on any atom is -0.480 e. The lowest BCUT2D eigenvalue weighted by molar-refractivity contribution is -0.160. The van der Waals surface area contributed by atoms with Gasteiger partial charge >= 0.3 is 11.9 Å². The van der Waals surface area contributed by atoms with Crippen molar-refractivity contribution in [1.29, 1.82) is 0 Å². The van der Waals surface area contributed by atoms with E-state index in [4.69, 9.17) is 19.7 Å². The molecular formula is C18H26O6. The Bertz CT molecular complexity index is 540. The van der Waals surface area contributed by atoms with Crippen molar-refractivity contribution in [2.24, 2.45) is 0 Å². The summed E-state index contributed by atoms with van der Waals surface area (Å²) in [6.45, 7) is 3.86. The highest BCUT2D eigenvalue weighted by Gasteiger charge is 2.19. The molecule has 1 rings (SSSR count). The molecule has 2 N–H and O–H groups in total. The van der Waals surface area contributed by atoms with Gasteiger partial charge in [-0.2, -0.15) is 0 Å². The van der Waals surface area contributed by atoms with Crippen molar-refractivity contribution in [3.05, 3.63) is 34.9 Å². The van der Waals surface area contributed by atoms with Gasteiger partial charge in [-0.15, -0.1) is 0 Å². The first-order valence-corrected chi connectivity index (χ1v) is 8.10. The summed E-state index contributed by atoms with van der Waals surface area (Å²) < 4.78 is 10.0. The molecule has 1 atom stereocenters. The van der Waals surface area contributed by atoms with Crippen LogP contribution in [0.25, 0.3) is 0 Å². The molecule has 0 aliphatic rings. The number of unbranched alkanes of at least 4 members (excludes halogenated alkanes) is 2. The Labute approximate surface area is 142 Å². The quantitative estimate of drug-likeness (QED) is 0.569. The van der Waals surface area contributed by atoms with Crippen LogP contribution in [-0.2, 0) is 25.5 Å². The van der Waals surface area contributed by atoms with E-state index in [-0.39, 0.29) is 6.61 Å². The van der Waals surface area contributed by atoms with E-state index < -0.39 is 24.6 Å². The number of carboxylic acid groups (broad SMARTS) is 2. The van der Waals surface area contributed by atoms with Gasteiger partial charge in [0, 0.05) is 6.61 Å². The number of rotatable bonds is 12. The number of aliphatic carboxylic acids is 2. The van der Waals surface area contributed by atoms with Gasteiger partial charge < -0.3 is 19.7 Å². The van der Waals surface area contributed by atoms with Crippen LogP contribution in [0.3, 0.4) is 0 Å². The Kier molecular flexibility index (Phi) is 9.04. The van der Waals surface area contributed by atoms with E-state index in [0.29, 0.717) is 6.61 Å². The molecule has 0 bridgehead atoms. The summed E-state index contributed by atoms with van der Waals surface area (Å²) >= 11 is 0. The first-order chi connectivity index (χ1) is 11.4. The van der Waals surface area contributed by atoms with Crippen molar-refractivity contribution in [2.75, 3.05) is 19.8 Å². The monoisotopic (exact) mass is 338 g/mol. The number of carboxylic acids is 2. The fourth-order valence-electron chi connectivity index (χ4n) is 2.22. The highest BCUT2D eigenvalue weighted by Crippen LogP contribution is 2.12. The summed E-state index contributed by atoms with van der Waals surface area (Å²) in [6.07, 6.45) is 2.64. The normalized spacial score (nSPS) is 12.1. The average Bonchev–Trinajstić information content (AvgIpc) is 2.52. The molecule has 6 nitrogen and oxygen atoms in total. The lowest BCUT2D eigenvalue weighted by Gasteiger charge is -2.12. The van der Waals surface area contributed by atoms with Gasteiger partial charge in [-0.05, 0) is 49.8 Å². The van der Waals surface area contributed by atoms with Crippen LogP contribution in [0, 0.1) is 13.8 Å². The number of benzene rings is 1. The zero-order valence-electron chi connectivity index (χ0n) is 14.3. The van der Waals surface area contributed by atoms with Crippen molar-refractivity contribution in [3.8, 4) is 0 Å². The maximum atomic E-state index is 10.9. The number of hydrogen-bond donors (Lipinski definition) is 2. The third-order valence-corrected chi connectivity index (χ3v) is 3.78. The summed E-state index contributed by atoms with van der Waals surface area (Å²) in [5, 5.41) is 17.4. The summed E-state index contributed by atoms with van der Waals surface area (Å²) in [4.78, 5) is 21.3. The Morgan fingerprint density at radius 3 is 2.46 bits per heavy atom. The van der Waals surface area contributed by atoms with Crippen LogP contribution in [0.1, 0.15) is 36.0 Å². The van der Waals surface area contributed by atoms with Crippen LogP contribution in [0.2, 0.25) is 0 Å². The largest absolute Gasteiger partial charge is 0.480 e. The molecule has 0 heterocycles. The summed E-state index contributed by atoms with van der Waals surface area (Å²) in [5.41, 5.74) is 3.93. The van der Waals surface area contributed by atoms with E-state index in [9.17, 15) is 9.59 Å². The Morgan fingerprint density at radius 2 is 1.83 bits per heavy atom. The number of hydrogen-bond acceptors (Lipinski definition) is 4. The zero-order chi connectivity index (χ0) is 17.9. The van der Waals surface area contributed by atoms with Gasteiger partial charge in [-0.1, -0.05) is 24.6 Å². The van der Waals surface area contributed by atoms with E-state index in [1.54, 1.807) is 0 Å². The third kappa shape index (κ3) is 8.08. The number of aryl methyl sites for hydroxylation is 3. The molecule has 0 spiro atoms. The zero-order valence-corrected chi connectivity index (χ0v) is 14.3. The van der Waals surface area contributed by atoms with Crippen molar-refractivity contribution >= 4 is 11.9 Å². The van der Waals surface area contributed by atoms with Gasteiger partial charge in [-0.25, -0.2) is 9.59 Å². The van der Waals surface area contributed by atoms with Crippen LogP contribution < -0.4 is 0 Å². The van der Waals surface area contributed by atoms with E-state index in [2.05, 4.69) is 32.0 Å². The van der Waals surface area contributed by atoms with Crippen LogP contribution in [0.15, 0.2) is 18.2 Å². The van der Waals surface area contributed by atoms with Crippen molar-refractivity contribution in [2.45, 2.75) is 45.6 Å². The van der Waals surface area contributed by atoms with Crippen LogP contribution >= 0.6 is 0 Å². The fourth-order valence-corrected chi connectivity index (χ4v) is 2.22. The molecule has 1 aromatic carbocycles. The first kappa shape index (κ1) is 20.1. The van der Waals surface area contributed by atoms with E-state index in [1.165, 1.54) is 16.7 Å². The Balaban J connectivity index is 2.13. The second-order valence-electron chi connectivity index (χ2n) is 5.84. The van der Waals surface area contributed by atoms with E-state index >= 15 is 0 Å². The van der Waals surface area contributed by atoms with Gasteiger partial charge in [0.15, 0.2) is 6.10 Å². The third-order valence-electron chi connectivity index (χ3n) is 3.78. The topological polar surface area (TPSA) is 93.1 Å². The molecule has 6 heteroatoms. The Hall–Kier alpha value is -1.92. The fraction of sp³-hybridized carbons (Fsp3) is 0.556. The molecule has 1 aromatic rings. The maximum absolute atomic E-state index is 10.9. The minimum atomic E-state index is -1.24. The van der Waals surface area contributed by atoms with Gasteiger partial charge in [0.1, 0.15) is 6.61 Å². The summed E-state index contributed by atoms with van der Waals surface area (Å²) in [6, 6.07) is 6.50. The lowest BCUT2D eigenvalue weighted by atomic mass is 10.0. The molecule has 0 saturated heterocycles. The Morgan fingerprint density at radius 1 is 1.08 bits per heavy atom. The van der Waals surface area contributed by atoms with Gasteiger partial charge in [-0.3, -0.25) is 0 Å². The lowest BCUT2D eigenvalue weighted by Crippen LogP contribution is -2.31. The number of ether oxygens (including phenoxy) is 2. The van der Waals surface area contributed by atoms with E-state index in [1.807, 2.05) is 0 Å². The second-order valence-corrected chi connectivity index (χ2v) is 5.84. The predicted octanol–water partition coefficient (Wildman–Crippen LogP) is 2.59. The molecular weight excluding hydrogens is 312 g/mol. The molecule has 0 aliphatic carbocycles. The molecule has 0 saturated carbocycles. The maximum Gasteiger partial charge on any atom is 0.335 e. The molecule has 134 valence electrons. The van der Waals surface area contributed by atoms with Crippen molar-refractivity contribution in [1.82, 2.24) is 0 Å². The van der Waals surface area contributed by atoms with Gasteiger partial charge in [0.25, 0.3) is 0 Å². The predicted molar refractivity (Wildman–Crippen MR) is 89.3 cm³/mol. The van der Waals surface area contributed by atoms with Crippen molar-refractivity contribution < 1.29 is 29.3 Å². The first-order valence-electron chi connectivity index (χ1n) is 8.10. The SMILES string of the molecule is Cc1ccc(CCCCCOCC(OCC(=O)O)C(=O)O)cc1C. The molecule has 24 heavy (non-hydrogen) atoms. The number of carbonyl (C=O) groups is 2. The van der Waals surface area contributed by atoms with Gasteiger partial charge in [0.2, 0.25) is 0 Å². The molecule has 0 aliphatic heterocycles.